The molecule has 1 N–H and O–H groups in total. The van der Waals surface area contributed by atoms with Crippen molar-refractivity contribution in [3.05, 3.63) is 33.3 Å². The summed E-state index contributed by atoms with van der Waals surface area (Å²) in [5.41, 5.74) is -1.22. The van der Waals surface area contributed by atoms with Crippen molar-refractivity contribution in [3.63, 3.8) is 0 Å². The van der Waals surface area contributed by atoms with Gasteiger partial charge < -0.3 is 0 Å². The van der Waals surface area contributed by atoms with Gasteiger partial charge in [-0.3, -0.25) is 10.1 Å². The Morgan fingerprint density at radius 2 is 2.00 bits per heavy atom. The van der Waals surface area contributed by atoms with E-state index < -0.39 is 26.2 Å². The zero-order chi connectivity index (χ0) is 14.8. The first kappa shape index (κ1) is 15.9. The number of nitro groups is 1. The standard InChI is InChI=1S/C11H15ClN2O4S/c1-4-11(2,3)13-19(17,18)10-6-5-8(12)7-9(10)14(15)16/h5-7,13H,4H2,1-3H3. The molecule has 6 nitrogen and oxygen atoms in total. The summed E-state index contributed by atoms with van der Waals surface area (Å²) in [5, 5.41) is 11.0. The normalized spacial score (nSPS) is 12.4. The van der Waals surface area contributed by atoms with Crippen LogP contribution < -0.4 is 4.72 Å². The summed E-state index contributed by atoms with van der Waals surface area (Å²) < 4.78 is 26.8. The monoisotopic (exact) mass is 306 g/mol. The molecule has 1 aromatic rings. The Bertz CT molecular complexity index is 599. The van der Waals surface area contributed by atoms with Crippen LogP contribution in [0, 0.1) is 10.1 Å². The number of nitrogens with one attached hydrogen (secondary N) is 1. The molecule has 0 fully saturated rings. The van der Waals surface area contributed by atoms with Crippen LogP contribution in [-0.4, -0.2) is 18.9 Å². The number of sulfonamides is 1. The molecule has 0 aliphatic carbocycles. The van der Waals surface area contributed by atoms with E-state index in [2.05, 4.69) is 4.72 Å². The molecule has 0 saturated heterocycles. The van der Waals surface area contributed by atoms with Gasteiger partial charge in [0.15, 0.2) is 4.90 Å². The molecule has 0 saturated carbocycles. The number of nitrogens with zero attached hydrogens (tertiary/aromatic N) is 1. The van der Waals surface area contributed by atoms with Crippen molar-refractivity contribution in [3.8, 4) is 0 Å². The van der Waals surface area contributed by atoms with Gasteiger partial charge in [-0.25, -0.2) is 13.1 Å². The van der Waals surface area contributed by atoms with Crippen LogP contribution in [0.1, 0.15) is 27.2 Å². The van der Waals surface area contributed by atoms with Gasteiger partial charge in [0.05, 0.1) is 4.92 Å². The van der Waals surface area contributed by atoms with Crippen LogP contribution in [-0.2, 0) is 10.0 Å². The van der Waals surface area contributed by atoms with E-state index in [0.29, 0.717) is 6.42 Å². The Labute approximate surface area is 117 Å². The molecular formula is C11H15ClN2O4S. The van der Waals surface area contributed by atoms with Gasteiger partial charge in [-0.2, -0.15) is 0 Å². The molecule has 8 heteroatoms. The highest BCUT2D eigenvalue weighted by Crippen LogP contribution is 2.28. The Balaban J connectivity index is 3.33. The Hall–Kier alpha value is -1.18. The van der Waals surface area contributed by atoms with E-state index in [1.165, 1.54) is 6.07 Å². The van der Waals surface area contributed by atoms with Crippen LogP contribution in [0.2, 0.25) is 5.02 Å². The minimum absolute atomic E-state index is 0.111. The summed E-state index contributed by atoms with van der Waals surface area (Å²) in [6.45, 7) is 5.22. The van der Waals surface area contributed by atoms with Crippen molar-refractivity contribution < 1.29 is 13.3 Å². The van der Waals surface area contributed by atoms with E-state index in [0.717, 1.165) is 12.1 Å². The second kappa shape index (κ2) is 5.44. The van der Waals surface area contributed by atoms with Gasteiger partial charge in [0.1, 0.15) is 0 Å². The lowest BCUT2D eigenvalue weighted by atomic mass is 10.0. The molecule has 0 bridgehead atoms. The predicted molar refractivity (Wildman–Crippen MR) is 72.8 cm³/mol. The second-order valence-corrected chi connectivity index (χ2v) is 6.80. The lowest BCUT2D eigenvalue weighted by molar-refractivity contribution is -0.387. The van der Waals surface area contributed by atoms with Crippen LogP contribution in [0.4, 0.5) is 5.69 Å². The molecule has 0 spiro atoms. The predicted octanol–water partition coefficient (Wildman–Crippen LogP) is 2.72. The van der Waals surface area contributed by atoms with Gasteiger partial charge in [-0.1, -0.05) is 18.5 Å². The van der Waals surface area contributed by atoms with Crippen molar-refractivity contribution >= 4 is 27.3 Å². The van der Waals surface area contributed by atoms with Gasteiger partial charge in [0, 0.05) is 16.6 Å². The smallest absolute Gasteiger partial charge is 0.258 e. The van der Waals surface area contributed by atoms with Gasteiger partial charge >= 0.3 is 0 Å². The molecule has 0 unspecified atom stereocenters. The van der Waals surface area contributed by atoms with E-state index in [1.54, 1.807) is 13.8 Å². The van der Waals surface area contributed by atoms with Crippen molar-refractivity contribution in [1.29, 1.82) is 0 Å². The van der Waals surface area contributed by atoms with Crippen molar-refractivity contribution in [2.24, 2.45) is 0 Å². The highest BCUT2D eigenvalue weighted by molar-refractivity contribution is 7.89. The van der Waals surface area contributed by atoms with Crippen LogP contribution in [0.3, 0.4) is 0 Å². The third-order valence-corrected chi connectivity index (χ3v) is 4.68. The van der Waals surface area contributed by atoms with Crippen molar-refractivity contribution in [2.75, 3.05) is 0 Å². The second-order valence-electron chi connectivity index (χ2n) is 4.71. The molecular weight excluding hydrogens is 292 g/mol. The average molecular weight is 307 g/mol. The summed E-state index contributed by atoms with van der Waals surface area (Å²) in [7, 11) is -3.97. The van der Waals surface area contributed by atoms with E-state index in [-0.39, 0.29) is 9.92 Å². The summed E-state index contributed by atoms with van der Waals surface area (Å²) >= 11 is 5.65. The summed E-state index contributed by atoms with van der Waals surface area (Å²) in [6, 6.07) is 3.46. The number of benzene rings is 1. The van der Waals surface area contributed by atoms with E-state index in [4.69, 9.17) is 11.6 Å². The SMILES string of the molecule is CCC(C)(C)NS(=O)(=O)c1ccc(Cl)cc1[N+](=O)[O-]. The molecule has 0 aliphatic heterocycles. The Morgan fingerprint density at radius 3 is 2.47 bits per heavy atom. The van der Waals surface area contributed by atoms with Gasteiger partial charge in [0.2, 0.25) is 10.0 Å². The van der Waals surface area contributed by atoms with Crippen LogP contribution >= 0.6 is 11.6 Å². The van der Waals surface area contributed by atoms with Gasteiger partial charge in [-0.05, 0) is 32.4 Å². The minimum Gasteiger partial charge on any atom is -0.258 e. The van der Waals surface area contributed by atoms with E-state index in [1.807, 2.05) is 6.92 Å². The fraction of sp³-hybridized carbons (Fsp3) is 0.455. The van der Waals surface area contributed by atoms with Gasteiger partial charge in [0.25, 0.3) is 5.69 Å². The largest absolute Gasteiger partial charge is 0.290 e. The summed E-state index contributed by atoms with van der Waals surface area (Å²) in [5.74, 6) is 0. The maximum atomic E-state index is 12.2. The fourth-order valence-electron chi connectivity index (χ4n) is 1.35. The molecule has 0 aliphatic rings. The number of nitro benzene ring substituents is 1. The lowest BCUT2D eigenvalue weighted by Gasteiger charge is -2.23. The molecule has 1 rings (SSSR count). The summed E-state index contributed by atoms with van der Waals surface area (Å²) in [4.78, 5) is 9.76. The highest BCUT2D eigenvalue weighted by Gasteiger charge is 2.30. The molecule has 106 valence electrons. The summed E-state index contributed by atoms with van der Waals surface area (Å²) in [6.07, 6.45) is 0.549. The highest BCUT2D eigenvalue weighted by atomic mass is 35.5. The maximum absolute atomic E-state index is 12.2. The fourth-order valence-corrected chi connectivity index (χ4v) is 3.16. The third kappa shape index (κ3) is 3.89. The van der Waals surface area contributed by atoms with E-state index in [9.17, 15) is 18.5 Å². The zero-order valence-electron chi connectivity index (χ0n) is 10.8. The number of rotatable bonds is 5. The van der Waals surface area contributed by atoms with Crippen LogP contribution in [0.15, 0.2) is 23.1 Å². The molecule has 1 aromatic carbocycles. The van der Waals surface area contributed by atoms with E-state index >= 15 is 0 Å². The maximum Gasteiger partial charge on any atom is 0.290 e. The number of hydrogen-bond donors (Lipinski definition) is 1. The number of hydrogen-bond acceptors (Lipinski definition) is 4. The van der Waals surface area contributed by atoms with Crippen molar-refractivity contribution in [2.45, 2.75) is 37.6 Å². The quantitative estimate of drug-likeness (QED) is 0.669. The molecule has 19 heavy (non-hydrogen) atoms. The average Bonchev–Trinajstić information content (AvgIpc) is 2.27. The minimum atomic E-state index is -3.97. The number of halogens is 1. The lowest BCUT2D eigenvalue weighted by Crippen LogP contribution is -2.42. The van der Waals surface area contributed by atoms with Crippen LogP contribution in [0.25, 0.3) is 0 Å². The zero-order valence-corrected chi connectivity index (χ0v) is 12.4. The van der Waals surface area contributed by atoms with Gasteiger partial charge in [-0.15, -0.1) is 0 Å². The third-order valence-electron chi connectivity index (χ3n) is 2.70. The molecule has 0 heterocycles. The Kier molecular flexibility index (Phi) is 4.54. The topological polar surface area (TPSA) is 89.3 Å². The van der Waals surface area contributed by atoms with Crippen molar-refractivity contribution in [1.82, 2.24) is 4.72 Å². The molecule has 0 amide bonds. The first-order valence-electron chi connectivity index (χ1n) is 5.57. The molecule has 0 radical (unpaired) electrons. The Morgan fingerprint density at radius 1 is 1.42 bits per heavy atom. The first-order chi connectivity index (χ1) is 8.59. The first-order valence-corrected chi connectivity index (χ1v) is 7.43. The van der Waals surface area contributed by atoms with Crippen LogP contribution in [0.5, 0.6) is 0 Å². The molecule has 0 atom stereocenters. The molecule has 0 aromatic heterocycles.